The van der Waals surface area contributed by atoms with E-state index in [2.05, 4.69) is 0 Å². The first-order chi connectivity index (χ1) is 4.49. The number of rotatable bonds is 3. The van der Waals surface area contributed by atoms with E-state index in [1.165, 1.54) is 0 Å². The van der Waals surface area contributed by atoms with Gasteiger partial charge in [-0.05, 0) is 20.8 Å². The summed E-state index contributed by atoms with van der Waals surface area (Å²) in [4.78, 5) is 0. The second-order valence-corrected chi connectivity index (χ2v) is 3.27. The summed E-state index contributed by atoms with van der Waals surface area (Å²) in [6.45, 7) is 5.80. The average Bonchev–Trinajstić information content (AvgIpc) is 1.81. The predicted octanol–water partition coefficient (Wildman–Crippen LogP) is 0.749. The Morgan fingerprint density at radius 1 is 1.50 bits per heavy atom. The van der Waals surface area contributed by atoms with Crippen LogP contribution in [-0.2, 0) is 4.74 Å². The van der Waals surface area contributed by atoms with Crippen molar-refractivity contribution in [2.24, 2.45) is 0 Å². The minimum absolute atomic E-state index is 0.00618. The first kappa shape index (κ1) is 9.98. The van der Waals surface area contributed by atoms with Crippen molar-refractivity contribution in [1.29, 1.82) is 0 Å². The van der Waals surface area contributed by atoms with Crippen molar-refractivity contribution in [2.45, 2.75) is 38.8 Å². The van der Waals surface area contributed by atoms with Crippen LogP contribution in [-0.4, -0.2) is 31.3 Å². The molecule has 2 nitrogen and oxygen atoms in total. The standard InChI is InChI=1S/C7H15BO2/c1-7(2,3)10-6(4-8)5-9/h6,9H,4-5H2,1-3H3. The molecule has 0 aromatic heterocycles. The van der Waals surface area contributed by atoms with Crippen LogP contribution in [0.25, 0.3) is 0 Å². The van der Waals surface area contributed by atoms with Gasteiger partial charge in [0.1, 0.15) is 0 Å². The number of hydrogen-bond donors (Lipinski definition) is 1. The molecule has 2 radical (unpaired) electrons. The highest BCUT2D eigenvalue weighted by atomic mass is 16.5. The maximum absolute atomic E-state index is 8.68. The van der Waals surface area contributed by atoms with Gasteiger partial charge in [-0.15, -0.1) is 0 Å². The minimum atomic E-state index is -0.222. The molecule has 10 heavy (non-hydrogen) atoms. The molecule has 0 rings (SSSR count). The van der Waals surface area contributed by atoms with E-state index in [1.54, 1.807) is 0 Å². The summed E-state index contributed by atoms with van der Waals surface area (Å²) >= 11 is 0. The Morgan fingerprint density at radius 3 is 2.10 bits per heavy atom. The van der Waals surface area contributed by atoms with Gasteiger partial charge in [0.25, 0.3) is 0 Å². The molecular formula is C7H15BO2. The van der Waals surface area contributed by atoms with Crippen LogP contribution in [0.15, 0.2) is 0 Å². The van der Waals surface area contributed by atoms with Gasteiger partial charge in [0.2, 0.25) is 0 Å². The van der Waals surface area contributed by atoms with Crippen LogP contribution in [0, 0.1) is 0 Å². The van der Waals surface area contributed by atoms with Gasteiger partial charge in [0.15, 0.2) is 0 Å². The Hall–Kier alpha value is -0.0151. The Labute approximate surface area is 64.0 Å². The maximum atomic E-state index is 8.68. The summed E-state index contributed by atoms with van der Waals surface area (Å²) in [5.74, 6) is 0. The molecule has 1 N–H and O–H groups in total. The molecule has 0 saturated carbocycles. The second kappa shape index (κ2) is 3.99. The van der Waals surface area contributed by atoms with Crippen molar-refractivity contribution >= 4 is 7.85 Å². The van der Waals surface area contributed by atoms with Crippen molar-refractivity contribution in [3.63, 3.8) is 0 Å². The summed E-state index contributed by atoms with van der Waals surface area (Å²) in [5, 5.41) is 8.68. The molecule has 0 aliphatic carbocycles. The van der Waals surface area contributed by atoms with Crippen LogP contribution >= 0.6 is 0 Å². The predicted molar refractivity (Wildman–Crippen MR) is 42.3 cm³/mol. The van der Waals surface area contributed by atoms with Crippen molar-refractivity contribution < 1.29 is 9.84 Å². The zero-order valence-corrected chi connectivity index (χ0v) is 6.92. The molecule has 0 aliphatic rings. The zero-order valence-electron chi connectivity index (χ0n) is 6.92. The van der Waals surface area contributed by atoms with Crippen LogP contribution < -0.4 is 0 Å². The third-order valence-corrected chi connectivity index (χ3v) is 0.987. The minimum Gasteiger partial charge on any atom is -0.394 e. The van der Waals surface area contributed by atoms with E-state index in [0.29, 0.717) is 6.32 Å². The number of ether oxygens (including phenoxy) is 1. The fourth-order valence-corrected chi connectivity index (χ4v) is 0.660. The third-order valence-electron chi connectivity index (χ3n) is 0.987. The number of aliphatic hydroxyl groups excluding tert-OH is 1. The first-order valence-corrected chi connectivity index (χ1v) is 3.48. The monoisotopic (exact) mass is 142 g/mol. The van der Waals surface area contributed by atoms with Crippen LogP contribution in [0.3, 0.4) is 0 Å². The topological polar surface area (TPSA) is 29.5 Å². The van der Waals surface area contributed by atoms with E-state index in [1.807, 2.05) is 20.8 Å². The molecule has 0 aromatic rings. The van der Waals surface area contributed by atoms with Gasteiger partial charge in [-0.2, -0.15) is 0 Å². The molecule has 58 valence electrons. The lowest BCUT2D eigenvalue weighted by atomic mass is 9.99. The lowest BCUT2D eigenvalue weighted by molar-refractivity contribution is -0.0706. The molecule has 0 spiro atoms. The van der Waals surface area contributed by atoms with Gasteiger partial charge in [0, 0.05) is 0 Å². The Kier molecular flexibility index (Phi) is 3.98. The van der Waals surface area contributed by atoms with Gasteiger partial charge in [-0.3, -0.25) is 0 Å². The Morgan fingerprint density at radius 2 is 2.00 bits per heavy atom. The van der Waals surface area contributed by atoms with Crippen molar-refractivity contribution in [1.82, 2.24) is 0 Å². The van der Waals surface area contributed by atoms with Gasteiger partial charge >= 0.3 is 0 Å². The summed E-state index contributed by atoms with van der Waals surface area (Å²) in [6, 6.07) is 0. The lowest BCUT2D eigenvalue weighted by Gasteiger charge is -2.25. The van der Waals surface area contributed by atoms with Crippen molar-refractivity contribution in [2.75, 3.05) is 6.61 Å². The van der Waals surface area contributed by atoms with Gasteiger partial charge in [0.05, 0.1) is 26.2 Å². The normalized spacial score (nSPS) is 15.2. The molecule has 3 heteroatoms. The van der Waals surface area contributed by atoms with Crippen LogP contribution in [0.5, 0.6) is 0 Å². The van der Waals surface area contributed by atoms with E-state index in [4.69, 9.17) is 17.7 Å². The summed E-state index contributed by atoms with van der Waals surface area (Å²) in [6.07, 6.45) is 0.147. The molecule has 0 aromatic carbocycles. The Bertz CT molecular complexity index is 84.1. The lowest BCUT2D eigenvalue weighted by Crippen LogP contribution is -2.29. The average molecular weight is 142 g/mol. The van der Waals surface area contributed by atoms with Crippen LogP contribution in [0.2, 0.25) is 6.32 Å². The first-order valence-electron chi connectivity index (χ1n) is 3.48. The largest absolute Gasteiger partial charge is 0.394 e. The highest BCUT2D eigenvalue weighted by Gasteiger charge is 2.15. The SMILES string of the molecule is [B]CC(CO)OC(C)(C)C. The quantitative estimate of drug-likeness (QED) is 0.589. The van der Waals surface area contributed by atoms with Crippen LogP contribution in [0.1, 0.15) is 20.8 Å². The van der Waals surface area contributed by atoms with Crippen molar-refractivity contribution in [3.8, 4) is 0 Å². The summed E-state index contributed by atoms with van der Waals surface area (Å²) < 4.78 is 5.36. The highest BCUT2D eigenvalue weighted by Crippen LogP contribution is 2.11. The second-order valence-electron chi connectivity index (χ2n) is 3.27. The van der Waals surface area contributed by atoms with Gasteiger partial charge < -0.3 is 9.84 Å². The molecule has 1 atom stereocenters. The molecule has 1 unspecified atom stereocenters. The smallest absolute Gasteiger partial charge is 0.0736 e. The van der Waals surface area contributed by atoms with Crippen LogP contribution in [0.4, 0.5) is 0 Å². The summed E-state index contributed by atoms with van der Waals surface area (Å²) in [7, 11) is 5.31. The molecule has 0 aliphatic heterocycles. The van der Waals surface area contributed by atoms with Crippen molar-refractivity contribution in [3.05, 3.63) is 0 Å². The number of aliphatic hydroxyl groups is 1. The Balaban J connectivity index is 3.63. The fraction of sp³-hybridized carbons (Fsp3) is 1.00. The molecule has 0 fully saturated rings. The maximum Gasteiger partial charge on any atom is 0.0736 e. The molecule has 0 saturated heterocycles. The molecular weight excluding hydrogens is 127 g/mol. The van der Waals surface area contributed by atoms with E-state index in [9.17, 15) is 0 Å². The number of hydrogen-bond acceptors (Lipinski definition) is 2. The van der Waals surface area contributed by atoms with E-state index in [-0.39, 0.29) is 18.3 Å². The van der Waals surface area contributed by atoms with E-state index >= 15 is 0 Å². The zero-order chi connectivity index (χ0) is 8.20. The molecule has 0 amide bonds. The fourth-order valence-electron chi connectivity index (χ4n) is 0.660. The van der Waals surface area contributed by atoms with Gasteiger partial charge in [-0.1, -0.05) is 6.32 Å². The van der Waals surface area contributed by atoms with E-state index in [0.717, 1.165) is 0 Å². The third kappa shape index (κ3) is 4.83. The summed E-state index contributed by atoms with van der Waals surface area (Å²) in [5.41, 5.74) is -0.216. The van der Waals surface area contributed by atoms with E-state index < -0.39 is 0 Å². The highest BCUT2D eigenvalue weighted by molar-refractivity contribution is 6.08. The van der Waals surface area contributed by atoms with Gasteiger partial charge in [-0.25, -0.2) is 0 Å². The molecule has 0 heterocycles. The molecule has 0 bridgehead atoms.